The van der Waals surface area contributed by atoms with E-state index in [0.717, 1.165) is 0 Å². The number of imide groups is 1. The Morgan fingerprint density at radius 2 is 1.63 bits per heavy atom. The second kappa shape index (κ2) is 7.98. The Balaban J connectivity index is 1.52. The van der Waals surface area contributed by atoms with Crippen LogP contribution in [0, 0.1) is 0 Å². The Bertz CT molecular complexity index is 999. The molecule has 0 radical (unpaired) electrons. The molecule has 2 heterocycles. The number of fused-ring (bicyclic) bond motifs is 1. The van der Waals surface area contributed by atoms with Crippen molar-refractivity contribution in [2.75, 3.05) is 13.2 Å². The summed E-state index contributed by atoms with van der Waals surface area (Å²) in [7, 11) is 0. The van der Waals surface area contributed by atoms with Crippen LogP contribution in [0.4, 0.5) is 0 Å². The summed E-state index contributed by atoms with van der Waals surface area (Å²) in [6, 6.07) is 12.2. The van der Waals surface area contributed by atoms with E-state index in [0.29, 0.717) is 42.4 Å². The first-order valence-electron chi connectivity index (χ1n) is 9.75. The van der Waals surface area contributed by atoms with Crippen LogP contribution >= 0.6 is 0 Å². The van der Waals surface area contributed by atoms with Crippen LogP contribution in [0.3, 0.4) is 0 Å². The predicted octanol–water partition coefficient (Wildman–Crippen LogP) is 2.44. The lowest BCUT2D eigenvalue weighted by Gasteiger charge is -2.25. The summed E-state index contributed by atoms with van der Waals surface area (Å²) in [6.07, 6.45) is 0.981. The minimum absolute atomic E-state index is 0.181. The van der Waals surface area contributed by atoms with Crippen molar-refractivity contribution in [2.45, 2.75) is 25.8 Å². The smallest absolute Gasteiger partial charge is 0.355 e. The SMILES string of the molecule is CCOc1ccccc1C(=O)N1CCCC1C(=O)ON1C(=O)c2ccccc2C1=O. The van der Waals surface area contributed by atoms with Crippen LogP contribution in [-0.4, -0.2) is 52.8 Å². The van der Waals surface area contributed by atoms with Crippen molar-refractivity contribution >= 4 is 23.7 Å². The fourth-order valence-electron chi connectivity index (χ4n) is 3.74. The molecule has 2 aromatic carbocycles. The van der Waals surface area contributed by atoms with Crippen LogP contribution in [-0.2, 0) is 9.63 Å². The van der Waals surface area contributed by atoms with Gasteiger partial charge in [0.05, 0.1) is 23.3 Å². The minimum Gasteiger partial charge on any atom is -0.493 e. The number of likely N-dealkylation sites (tertiary alicyclic amines) is 1. The van der Waals surface area contributed by atoms with Gasteiger partial charge in [-0.15, -0.1) is 0 Å². The summed E-state index contributed by atoms with van der Waals surface area (Å²) in [4.78, 5) is 57.4. The van der Waals surface area contributed by atoms with E-state index in [1.54, 1.807) is 36.4 Å². The van der Waals surface area contributed by atoms with Gasteiger partial charge in [-0.05, 0) is 44.0 Å². The van der Waals surface area contributed by atoms with Gasteiger partial charge in [0.1, 0.15) is 11.8 Å². The summed E-state index contributed by atoms with van der Waals surface area (Å²) in [5.74, 6) is -2.13. The first kappa shape index (κ1) is 19.6. The number of benzene rings is 2. The largest absolute Gasteiger partial charge is 0.493 e. The van der Waals surface area contributed by atoms with Gasteiger partial charge in [-0.25, -0.2) is 4.79 Å². The standard InChI is InChI=1S/C22H20N2O6/c1-2-29-18-12-6-5-10-16(18)19(25)23-13-7-11-17(23)22(28)30-24-20(26)14-8-3-4-9-15(14)21(24)27/h3-6,8-10,12,17H,2,7,11,13H2,1H3. The molecule has 8 heteroatoms. The van der Waals surface area contributed by atoms with E-state index in [1.165, 1.54) is 17.0 Å². The average Bonchev–Trinajstić information content (AvgIpc) is 3.34. The van der Waals surface area contributed by atoms with E-state index in [1.807, 2.05) is 6.92 Å². The Morgan fingerprint density at radius 3 is 2.30 bits per heavy atom. The molecule has 3 amide bonds. The monoisotopic (exact) mass is 408 g/mol. The first-order chi connectivity index (χ1) is 14.5. The molecule has 1 saturated heterocycles. The second-order valence-corrected chi connectivity index (χ2v) is 6.95. The Hall–Kier alpha value is -3.68. The van der Waals surface area contributed by atoms with Crippen LogP contribution in [0.15, 0.2) is 48.5 Å². The number of para-hydroxylation sites is 1. The van der Waals surface area contributed by atoms with Crippen molar-refractivity contribution in [3.63, 3.8) is 0 Å². The molecule has 1 fully saturated rings. The van der Waals surface area contributed by atoms with Crippen molar-refractivity contribution < 1.29 is 28.8 Å². The van der Waals surface area contributed by atoms with Crippen LogP contribution in [0.5, 0.6) is 5.75 Å². The molecular weight excluding hydrogens is 388 g/mol. The topological polar surface area (TPSA) is 93.2 Å². The summed E-state index contributed by atoms with van der Waals surface area (Å²) in [6.45, 7) is 2.58. The molecule has 4 rings (SSSR count). The van der Waals surface area contributed by atoms with Crippen molar-refractivity contribution in [1.82, 2.24) is 9.96 Å². The number of hydrogen-bond acceptors (Lipinski definition) is 6. The van der Waals surface area contributed by atoms with Gasteiger partial charge in [-0.3, -0.25) is 14.4 Å². The molecule has 0 aliphatic carbocycles. The Kier molecular flexibility index (Phi) is 5.22. The molecule has 0 aromatic heterocycles. The molecule has 2 aromatic rings. The molecule has 0 N–H and O–H groups in total. The van der Waals surface area contributed by atoms with E-state index in [2.05, 4.69) is 0 Å². The molecule has 0 spiro atoms. The molecule has 8 nitrogen and oxygen atoms in total. The number of rotatable bonds is 5. The predicted molar refractivity (Wildman–Crippen MR) is 105 cm³/mol. The van der Waals surface area contributed by atoms with Crippen molar-refractivity contribution in [1.29, 1.82) is 0 Å². The number of hydrogen-bond donors (Lipinski definition) is 0. The van der Waals surface area contributed by atoms with Crippen LogP contribution < -0.4 is 4.74 Å². The maximum atomic E-state index is 13.1. The highest BCUT2D eigenvalue weighted by molar-refractivity contribution is 6.21. The highest BCUT2D eigenvalue weighted by Crippen LogP contribution is 2.28. The minimum atomic E-state index is -0.892. The molecular formula is C22H20N2O6. The zero-order valence-corrected chi connectivity index (χ0v) is 16.4. The summed E-state index contributed by atoms with van der Waals surface area (Å²) >= 11 is 0. The zero-order valence-electron chi connectivity index (χ0n) is 16.4. The number of carbonyl (C=O) groups excluding carboxylic acids is 4. The van der Waals surface area contributed by atoms with E-state index in [-0.39, 0.29) is 17.0 Å². The number of carbonyl (C=O) groups is 4. The van der Waals surface area contributed by atoms with E-state index < -0.39 is 23.8 Å². The summed E-state index contributed by atoms with van der Waals surface area (Å²) in [5, 5.41) is 0.474. The first-order valence-corrected chi connectivity index (χ1v) is 9.75. The van der Waals surface area contributed by atoms with Gasteiger partial charge in [-0.1, -0.05) is 29.3 Å². The van der Waals surface area contributed by atoms with Crippen LogP contribution in [0.25, 0.3) is 0 Å². The third-order valence-electron chi connectivity index (χ3n) is 5.14. The third-order valence-corrected chi connectivity index (χ3v) is 5.14. The highest BCUT2D eigenvalue weighted by atomic mass is 16.7. The number of amides is 3. The molecule has 0 saturated carbocycles. The summed E-state index contributed by atoms with van der Waals surface area (Å²) < 4.78 is 5.52. The fourth-order valence-corrected chi connectivity index (χ4v) is 3.74. The van der Waals surface area contributed by atoms with Gasteiger partial charge in [0.15, 0.2) is 0 Å². The van der Waals surface area contributed by atoms with Crippen molar-refractivity contribution in [3.8, 4) is 5.75 Å². The van der Waals surface area contributed by atoms with Gasteiger partial charge in [0, 0.05) is 6.54 Å². The van der Waals surface area contributed by atoms with E-state index in [9.17, 15) is 19.2 Å². The Labute approximate surface area is 172 Å². The third kappa shape index (κ3) is 3.30. The highest BCUT2D eigenvalue weighted by Gasteiger charge is 2.43. The molecule has 0 bridgehead atoms. The number of nitrogens with zero attached hydrogens (tertiary/aromatic N) is 2. The lowest BCUT2D eigenvalue weighted by Crippen LogP contribution is -2.45. The number of hydroxylamine groups is 2. The normalized spacial score (nSPS) is 17.8. The Morgan fingerprint density at radius 1 is 1.00 bits per heavy atom. The van der Waals surface area contributed by atoms with Crippen molar-refractivity contribution in [3.05, 3.63) is 65.2 Å². The number of ether oxygens (including phenoxy) is 1. The summed E-state index contributed by atoms with van der Waals surface area (Å²) in [5.41, 5.74) is 0.709. The van der Waals surface area contributed by atoms with Crippen LogP contribution in [0.2, 0.25) is 0 Å². The van der Waals surface area contributed by atoms with Gasteiger partial charge < -0.3 is 14.5 Å². The molecule has 1 unspecified atom stereocenters. The molecule has 2 aliphatic rings. The van der Waals surface area contributed by atoms with Gasteiger partial charge in [-0.2, -0.15) is 0 Å². The molecule has 1 atom stereocenters. The average molecular weight is 408 g/mol. The quantitative estimate of drug-likeness (QED) is 0.706. The van der Waals surface area contributed by atoms with Gasteiger partial charge in [0.25, 0.3) is 17.7 Å². The second-order valence-electron chi connectivity index (χ2n) is 6.95. The fraction of sp³-hybridized carbons (Fsp3) is 0.273. The van der Waals surface area contributed by atoms with Gasteiger partial charge in [0.2, 0.25) is 0 Å². The lowest BCUT2D eigenvalue weighted by atomic mass is 10.1. The van der Waals surface area contributed by atoms with Crippen LogP contribution in [0.1, 0.15) is 50.8 Å². The molecule has 2 aliphatic heterocycles. The lowest BCUT2D eigenvalue weighted by molar-refractivity contribution is -0.173. The maximum Gasteiger partial charge on any atom is 0.355 e. The van der Waals surface area contributed by atoms with E-state index in [4.69, 9.17) is 9.57 Å². The van der Waals surface area contributed by atoms with Crippen molar-refractivity contribution in [2.24, 2.45) is 0 Å². The van der Waals surface area contributed by atoms with Gasteiger partial charge >= 0.3 is 5.97 Å². The maximum absolute atomic E-state index is 13.1. The van der Waals surface area contributed by atoms with E-state index >= 15 is 0 Å². The zero-order chi connectivity index (χ0) is 21.3. The molecule has 30 heavy (non-hydrogen) atoms. The molecule has 154 valence electrons.